The maximum Gasteiger partial charge on any atom is 0.309 e. The molecule has 0 amide bonds. The Labute approximate surface area is 139 Å². The van der Waals surface area contributed by atoms with E-state index >= 15 is 0 Å². The number of aliphatic carboxylic acids is 1. The fraction of sp³-hybridized carbons (Fsp3) is 0.950. The third-order valence-corrected chi connectivity index (χ3v) is 9.30. The highest BCUT2D eigenvalue weighted by Gasteiger charge is 2.71. The molecule has 4 aliphatic carbocycles. The summed E-state index contributed by atoms with van der Waals surface area (Å²) in [5, 5.41) is 9.95. The number of rotatable bonds is 1. The highest BCUT2D eigenvalue weighted by atomic mass is 16.6. The van der Waals surface area contributed by atoms with Gasteiger partial charge in [-0.15, -0.1) is 0 Å². The molecule has 2 spiro atoms. The molecule has 7 atom stereocenters. The van der Waals surface area contributed by atoms with Crippen molar-refractivity contribution in [3.63, 3.8) is 0 Å². The van der Waals surface area contributed by atoms with Crippen LogP contribution in [0.3, 0.4) is 0 Å². The first kappa shape index (κ1) is 14.7. The first-order valence-electron chi connectivity index (χ1n) is 9.72. The quantitative estimate of drug-likeness (QED) is 0.735. The summed E-state index contributed by atoms with van der Waals surface area (Å²) < 4.78 is 5.97. The predicted octanol–water partition coefficient (Wildman–Crippen LogP) is 4.25. The molecule has 3 nitrogen and oxygen atoms in total. The van der Waals surface area contributed by atoms with Crippen molar-refractivity contribution in [3.05, 3.63) is 0 Å². The van der Waals surface area contributed by atoms with Gasteiger partial charge in [0.2, 0.25) is 0 Å². The maximum absolute atomic E-state index is 12.1. The minimum atomic E-state index is -0.550. The molecule has 0 aromatic heterocycles. The summed E-state index contributed by atoms with van der Waals surface area (Å²) in [6.45, 7) is 5.50. The van der Waals surface area contributed by atoms with Gasteiger partial charge in [0.15, 0.2) is 0 Å². The van der Waals surface area contributed by atoms with Crippen LogP contribution in [0.5, 0.6) is 0 Å². The van der Waals surface area contributed by atoms with Crippen LogP contribution in [0.2, 0.25) is 0 Å². The zero-order valence-electron chi connectivity index (χ0n) is 14.6. The second kappa shape index (κ2) is 4.15. The van der Waals surface area contributed by atoms with Gasteiger partial charge in [0.25, 0.3) is 0 Å². The number of hydrogen-bond donors (Lipinski definition) is 1. The molecule has 3 heteroatoms. The van der Waals surface area contributed by atoms with Crippen LogP contribution in [0.25, 0.3) is 0 Å². The molecule has 1 heterocycles. The van der Waals surface area contributed by atoms with Gasteiger partial charge in [-0.2, -0.15) is 0 Å². The molecule has 0 aromatic carbocycles. The van der Waals surface area contributed by atoms with Gasteiger partial charge in [-0.05, 0) is 86.9 Å². The molecule has 5 fully saturated rings. The van der Waals surface area contributed by atoms with Crippen molar-refractivity contribution >= 4 is 5.97 Å². The van der Waals surface area contributed by atoms with E-state index in [1.54, 1.807) is 0 Å². The molecular weight excluding hydrogens is 288 g/mol. The van der Waals surface area contributed by atoms with E-state index in [0.29, 0.717) is 11.3 Å². The molecule has 1 N–H and O–H groups in total. The summed E-state index contributed by atoms with van der Waals surface area (Å²) in [6, 6.07) is 0. The lowest BCUT2D eigenvalue weighted by Crippen LogP contribution is -2.58. The number of fused-ring (bicyclic) bond motifs is 4. The molecule has 5 aliphatic rings. The Bertz CT molecular complexity index is 567. The highest BCUT2D eigenvalue weighted by Crippen LogP contribution is 2.74. The van der Waals surface area contributed by atoms with Crippen molar-refractivity contribution < 1.29 is 14.6 Å². The number of epoxide rings is 1. The van der Waals surface area contributed by atoms with Crippen LogP contribution < -0.4 is 0 Å². The van der Waals surface area contributed by atoms with Gasteiger partial charge in [0, 0.05) is 0 Å². The fourth-order valence-electron chi connectivity index (χ4n) is 8.28. The molecule has 0 unspecified atom stereocenters. The van der Waals surface area contributed by atoms with Gasteiger partial charge in [0.05, 0.1) is 17.6 Å². The molecule has 4 saturated carbocycles. The second-order valence-electron chi connectivity index (χ2n) is 10.1. The molecule has 2 bridgehead atoms. The van der Waals surface area contributed by atoms with Gasteiger partial charge in [-0.3, -0.25) is 4.79 Å². The van der Waals surface area contributed by atoms with E-state index in [9.17, 15) is 9.90 Å². The van der Waals surface area contributed by atoms with Gasteiger partial charge in [-0.1, -0.05) is 13.3 Å². The van der Waals surface area contributed by atoms with Crippen LogP contribution in [0, 0.1) is 34.0 Å². The summed E-state index contributed by atoms with van der Waals surface area (Å²) in [5.74, 6) is 1.34. The molecule has 1 saturated heterocycles. The van der Waals surface area contributed by atoms with Crippen molar-refractivity contribution in [1.29, 1.82) is 0 Å². The van der Waals surface area contributed by atoms with E-state index in [1.165, 1.54) is 38.5 Å². The van der Waals surface area contributed by atoms with Crippen LogP contribution in [0.15, 0.2) is 0 Å². The zero-order chi connectivity index (χ0) is 16.1. The van der Waals surface area contributed by atoms with Crippen molar-refractivity contribution in [1.82, 2.24) is 0 Å². The Hall–Kier alpha value is -0.570. The molecule has 0 radical (unpaired) electrons. The summed E-state index contributed by atoms with van der Waals surface area (Å²) in [6.07, 6.45) is 10.9. The van der Waals surface area contributed by atoms with Crippen molar-refractivity contribution in [2.45, 2.75) is 77.2 Å². The van der Waals surface area contributed by atoms with Gasteiger partial charge >= 0.3 is 5.97 Å². The third kappa shape index (κ3) is 1.63. The van der Waals surface area contributed by atoms with Crippen LogP contribution >= 0.6 is 0 Å². The number of hydrogen-bond acceptors (Lipinski definition) is 2. The fourth-order valence-corrected chi connectivity index (χ4v) is 8.28. The molecule has 23 heavy (non-hydrogen) atoms. The lowest BCUT2D eigenvalue weighted by Gasteiger charge is -2.63. The van der Waals surface area contributed by atoms with Gasteiger partial charge in [-0.25, -0.2) is 0 Å². The van der Waals surface area contributed by atoms with Crippen molar-refractivity contribution in [2.24, 2.45) is 34.0 Å². The molecule has 128 valence electrons. The lowest BCUT2D eigenvalue weighted by molar-refractivity contribution is -0.181. The summed E-state index contributed by atoms with van der Waals surface area (Å²) in [7, 11) is 0. The highest BCUT2D eigenvalue weighted by molar-refractivity contribution is 5.75. The normalized spacial score (nSPS) is 60.2. The number of carboxylic acid groups (broad SMARTS) is 1. The monoisotopic (exact) mass is 318 g/mol. The number of carboxylic acids is 1. The largest absolute Gasteiger partial charge is 0.481 e. The maximum atomic E-state index is 12.1. The van der Waals surface area contributed by atoms with Crippen LogP contribution in [-0.2, 0) is 9.53 Å². The van der Waals surface area contributed by atoms with E-state index in [-0.39, 0.29) is 11.0 Å². The Morgan fingerprint density at radius 1 is 1.09 bits per heavy atom. The first-order chi connectivity index (χ1) is 10.8. The molecule has 1 aliphatic heterocycles. The summed E-state index contributed by atoms with van der Waals surface area (Å²) in [4.78, 5) is 12.1. The average Bonchev–Trinajstić information content (AvgIpc) is 3.22. The lowest BCUT2D eigenvalue weighted by atomic mass is 9.41. The van der Waals surface area contributed by atoms with E-state index in [4.69, 9.17) is 4.74 Å². The van der Waals surface area contributed by atoms with Crippen LogP contribution in [0.4, 0.5) is 0 Å². The minimum absolute atomic E-state index is 0.231. The van der Waals surface area contributed by atoms with E-state index in [0.717, 1.165) is 37.7 Å². The number of ether oxygens (including phenoxy) is 1. The number of carbonyl (C=O) groups is 1. The minimum Gasteiger partial charge on any atom is -0.481 e. The Kier molecular flexibility index (Phi) is 2.66. The SMILES string of the molecule is C[C@@]12CCC[C@@](C)(C(=O)O)[C@H]1CC[C@@]13C[C@H](CC[C@H]12)[C@@]1(CO1)C3. The summed E-state index contributed by atoms with van der Waals surface area (Å²) >= 11 is 0. The van der Waals surface area contributed by atoms with Gasteiger partial charge < -0.3 is 9.84 Å². The summed E-state index contributed by atoms with van der Waals surface area (Å²) in [5.41, 5.74) is 0.455. The Balaban J connectivity index is 1.55. The third-order valence-electron chi connectivity index (χ3n) is 9.30. The van der Waals surface area contributed by atoms with Crippen molar-refractivity contribution in [2.75, 3.05) is 6.61 Å². The predicted molar refractivity (Wildman–Crippen MR) is 87.0 cm³/mol. The Morgan fingerprint density at radius 3 is 2.57 bits per heavy atom. The first-order valence-corrected chi connectivity index (χ1v) is 9.72. The van der Waals surface area contributed by atoms with Gasteiger partial charge in [0.1, 0.15) is 0 Å². The molecular formula is C20H30O3. The Morgan fingerprint density at radius 2 is 1.87 bits per heavy atom. The van der Waals surface area contributed by atoms with Crippen LogP contribution in [-0.4, -0.2) is 23.3 Å². The second-order valence-corrected chi connectivity index (χ2v) is 10.1. The zero-order valence-corrected chi connectivity index (χ0v) is 14.6. The van der Waals surface area contributed by atoms with E-state index < -0.39 is 11.4 Å². The average molecular weight is 318 g/mol. The topological polar surface area (TPSA) is 49.8 Å². The smallest absolute Gasteiger partial charge is 0.309 e. The standard InChI is InChI=1S/C20H30O3/c1-17-7-3-8-18(2,16(21)22)14(17)6-9-19-10-13(4-5-15(17)19)20(11-19)12-23-20/h13-15H,3-12H2,1-2H3,(H,21,22)/t13-,14-,15-,17+,18+,19-,20-/m0/s1. The van der Waals surface area contributed by atoms with Crippen molar-refractivity contribution in [3.8, 4) is 0 Å². The molecule has 5 rings (SSSR count). The van der Waals surface area contributed by atoms with Crippen LogP contribution in [0.1, 0.15) is 71.6 Å². The van der Waals surface area contributed by atoms with E-state index in [2.05, 4.69) is 6.92 Å². The van der Waals surface area contributed by atoms with E-state index in [1.807, 2.05) is 6.92 Å². The molecule has 0 aromatic rings.